The van der Waals surface area contributed by atoms with Crippen LogP contribution in [0.5, 0.6) is 0 Å². The first-order valence-electron chi connectivity index (χ1n) is 4.80. The lowest BCUT2D eigenvalue weighted by molar-refractivity contribution is -0.163. The summed E-state index contributed by atoms with van der Waals surface area (Å²) in [5.41, 5.74) is 1.95. The number of esters is 2. The Morgan fingerprint density at radius 2 is 2.00 bits per heavy atom. The highest BCUT2D eigenvalue weighted by atomic mass is 16.6. The fourth-order valence-corrected chi connectivity index (χ4v) is 1.82. The van der Waals surface area contributed by atoms with Gasteiger partial charge in [-0.3, -0.25) is 14.3 Å². The van der Waals surface area contributed by atoms with Crippen LogP contribution in [0.15, 0.2) is 6.20 Å². The molecule has 0 saturated carbocycles. The molecule has 0 aliphatic carbocycles. The molecule has 5 heteroatoms. The maximum absolute atomic E-state index is 11.1. The van der Waals surface area contributed by atoms with Gasteiger partial charge in [-0.1, -0.05) is 0 Å². The predicted octanol–water partition coefficient (Wildman–Crippen LogP) is 0.676. The van der Waals surface area contributed by atoms with Crippen molar-refractivity contribution in [2.75, 3.05) is 0 Å². The molecule has 1 fully saturated rings. The number of cyclic esters (lactones) is 2. The zero-order valence-electron chi connectivity index (χ0n) is 8.69. The smallest absolute Gasteiger partial charge is 0.314 e. The Bertz CT molecular complexity index is 406. The monoisotopic (exact) mass is 208 g/mol. The summed E-state index contributed by atoms with van der Waals surface area (Å²) in [6.45, 7) is 1.92. The van der Waals surface area contributed by atoms with Gasteiger partial charge in [0.2, 0.25) is 0 Å². The molecule has 5 nitrogen and oxygen atoms in total. The number of carbonyl (C=O) groups excluding carboxylic acids is 2. The molecular weight excluding hydrogens is 196 g/mol. The van der Waals surface area contributed by atoms with Gasteiger partial charge in [0.1, 0.15) is 0 Å². The molecule has 1 aliphatic rings. The molecule has 0 atom stereocenters. The summed E-state index contributed by atoms with van der Waals surface area (Å²) in [5, 5.41) is 4.09. The minimum absolute atomic E-state index is 0.0764. The van der Waals surface area contributed by atoms with Crippen LogP contribution in [0.2, 0.25) is 0 Å². The van der Waals surface area contributed by atoms with E-state index in [4.69, 9.17) is 0 Å². The molecule has 0 N–H and O–H groups in total. The number of nitrogens with zero attached hydrogens (tertiary/aromatic N) is 2. The van der Waals surface area contributed by atoms with Gasteiger partial charge in [-0.15, -0.1) is 0 Å². The van der Waals surface area contributed by atoms with Crippen molar-refractivity contribution >= 4 is 11.9 Å². The normalized spacial score (nSPS) is 18.0. The molecule has 2 rings (SSSR count). The lowest BCUT2D eigenvalue weighted by Gasteiger charge is -2.19. The van der Waals surface area contributed by atoms with Crippen molar-refractivity contribution < 1.29 is 14.3 Å². The molecule has 0 unspecified atom stereocenters. The second-order valence-corrected chi connectivity index (χ2v) is 3.76. The Morgan fingerprint density at radius 3 is 2.47 bits per heavy atom. The standard InChI is InChI=1S/C10H12N2O3/c1-6-8(5-11-12(6)2)7-3-9(13)15-10(14)4-7/h5,7H,3-4H2,1-2H3. The van der Waals surface area contributed by atoms with E-state index in [9.17, 15) is 9.59 Å². The van der Waals surface area contributed by atoms with E-state index in [1.807, 2.05) is 14.0 Å². The first-order valence-corrected chi connectivity index (χ1v) is 4.80. The van der Waals surface area contributed by atoms with Gasteiger partial charge in [0, 0.05) is 18.7 Å². The zero-order chi connectivity index (χ0) is 11.0. The number of ether oxygens (including phenoxy) is 1. The van der Waals surface area contributed by atoms with E-state index >= 15 is 0 Å². The van der Waals surface area contributed by atoms with Gasteiger partial charge in [-0.2, -0.15) is 5.10 Å². The first-order chi connectivity index (χ1) is 7.08. The topological polar surface area (TPSA) is 61.2 Å². The van der Waals surface area contributed by atoms with E-state index in [1.165, 1.54) is 0 Å². The lowest BCUT2D eigenvalue weighted by atomic mass is 9.91. The quantitative estimate of drug-likeness (QED) is 0.503. The van der Waals surface area contributed by atoms with Crippen LogP contribution in [0.1, 0.15) is 30.0 Å². The number of hydrogen-bond donors (Lipinski definition) is 0. The largest absolute Gasteiger partial charge is 0.393 e. The van der Waals surface area contributed by atoms with E-state index < -0.39 is 11.9 Å². The van der Waals surface area contributed by atoms with Crippen molar-refractivity contribution in [1.29, 1.82) is 0 Å². The highest BCUT2D eigenvalue weighted by Gasteiger charge is 2.30. The second-order valence-electron chi connectivity index (χ2n) is 3.76. The van der Waals surface area contributed by atoms with Crippen LogP contribution >= 0.6 is 0 Å². The van der Waals surface area contributed by atoms with Crippen LogP contribution in [0.4, 0.5) is 0 Å². The molecule has 0 bridgehead atoms. The fraction of sp³-hybridized carbons (Fsp3) is 0.500. The summed E-state index contributed by atoms with van der Waals surface area (Å²) in [5.74, 6) is -0.966. The maximum atomic E-state index is 11.1. The summed E-state index contributed by atoms with van der Waals surface area (Å²) in [6, 6.07) is 0. The van der Waals surface area contributed by atoms with Gasteiger partial charge >= 0.3 is 11.9 Å². The van der Waals surface area contributed by atoms with E-state index in [2.05, 4.69) is 9.84 Å². The minimum atomic E-state index is -0.445. The highest BCUT2D eigenvalue weighted by Crippen LogP contribution is 2.29. The summed E-state index contributed by atoms with van der Waals surface area (Å²) < 4.78 is 6.22. The molecule has 80 valence electrons. The van der Waals surface area contributed by atoms with E-state index in [1.54, 1.807) is 10.9 Å². The second kappa shape index (κ2) is 3.49. The number of aryl methyl sites for hydroxylation is 1. The van der Waals surface area contributed by atoms with E-state index in [0.717, 1.165) is 11.3 Å². The van der Waals surface area contributed by atoms with Crippen molar-refractivity contribution in [3.05, 3.63) is 17.5 Å². The lowest BCUT2D eigenvalue weighted by Crippen LogP contribution is -2.24. The first kappa shape index (κ1) is 9.89. The number of aromatic nitrogens is 2. The summed E-state index contributed by atoms with van der Waals surface area (Å²) in [4.78, 5) is 22.2. The predicted molar refractivity (Wildman–Crippen MR) is 51.0 cm³/mol. The van der Waals surface area contributed by atoms with Gasteiger partial charge in [0.15, 0.2) is 0 Å². The third kappa shape index (κ3) is 1.77. The maximum Gasteiger partial charge on any atom is 0.314 e. The average molecular weight is 208 g/mol. The molecular formula is C10H12N2O3. The molecule has 0 amide bonds. The van der Waals surface area contributed by atoms with Gasteiger partial charge in [0.05, 0.1) is 19.0 Å². The highest BCUT2D eigenvalue weighted by molar-refractivity contribution is 5.89. The van der Waals surface area contributed by atoms with Crippen molar-refractivity contribution in [1.82, 2.24) is 9.78 Å². The Hall–Kier alpha value is -1.65. The number of rotatable bonds is 1. The molecule has 1 aromatic rings. The van der Waals surface area contributed by atoms with Gasteiger partial charge in [-0.25, -0.2) is 0 Å². The third-order valence-corrected chi connectivity index (χ3v) is 2.77. The Balaban J connectivity index is 2.27. The SMILES string of the molecule is Cc1c(C2CC(=O)OC(=O)C2)cnn1C. The summed E-state index contributed by atoms with van der Waals surface area (Å²) >= 11 is 0. The summed E-state index contributed by atoms with van der Waals surface area (Å²) in [6.07, 6.45) is 2.24. The molecule has 0 aromatic carbocycles. The fourth-order valence-electron chi connectivity index (χ4n) is 1.82. The Labute approximate surface area is 87.0 Å². The van der Waals surface area contributed by atoms with Crippen LogP contribution in [-0.4, -0.2) is 21.7 Å². The summed E-state index contributed by atoms with van der Waals surface area (Å²) in [7, 11) is 1.84. The Morgan fingerprint density at radius 1 is 1.40 bits per heavy atom. The van der Waals surface area contributed by atoms with Gasteiger partial charge in [-0.05, 0) is 12.5 Å². The van der Waals surface area contributed by atoms with Crippen LogP contribution in [0.3, 0.4) is 0 Å². The average Bonchev–Trinajstić information content (AvgIpc) is 2.46. The third-order valence-electron chi connectivity index (χ3n) is 2.77. The van der Waals surface area contributed by atoms with Gasteiger partial charge in [0.25, 0.3) is 0 Å². The van der Waals surface area contributed by atoms with Crippen molar-refractivity contribution in [3.63, 3.8) is 0 Å². The number of carbonyl (C=O) groups is 2. The molecule has 0 radical (unpaired) electrons. The molecule has 1 saturated heterocycles. The van der Waals surface area contributed by atoms with Crippen molar-refractivity contribution in [3.8, 4) is 0 Å². The van der Waals surface area contributed by atoms with Crippen molar-refractivity contribution in [2.45, 2.75) is 25.7 Å². The minimum Gasteiger partial charge on any atom is -0.393 e. The van der Waals surface area contributed by atoms with Crippen LogP contribution in [0, 0.1) is 6.92 Å². The van der Waals surface area contributed by atoms with Crippen LogP contribution < -0.4 is 0 Å². The van der Waals surface area contributed by atoms with E-state index in [0.29, 0.717) is 0 Å². The van der Waals surface area contributed by atoms with Crippen molar-refractivity contribution in [2.24, 2.45) is 7.05 Å². The zero-order valence-corrected chi connectivity index (χ0v) is 8.69. The molecule has 1 aliphatic heterocycles. The molecule has 2 heterocycles. The van der Waals surface area contributed by atoms with E-state index in [-0.39, 0.29) is 18.8 Å². The van der Waals surface area contributed by atoms with Gasteiger partial charge < -0.3 is 4.74 Å². The molecule has 0 spiro atoms. The molecule has 1 aromatic heterocycles. The molecule has 15 heavy (non-hydrogen) atoms. The van der Waals surface area contributed by atoms with Crippen LogP contribution in [-0.2, 0) is 21.4 Å². The number of hydrogen-bond acceptors (Lipinski definition) is 4. The van der Waals surface area contributed by atoms with Crippen LogP contribution in [0.25, 0.3) is 0 Å². The Kier molecular flexibility index (Phi) is 2.30.